The molecule has 0 unspecified atom stereocenters. The molecule has 1 fully saturated rings. The first-order valence-corrected chi connectivity index (χ1v) is 9.11. The van der Waals surface area contributed by atoms with E-state index in [4.69, 9.17) is 4.74 Å². The lowest BCUT2D eigenvalue weighted by Crippen LogP contribution is -2.35. The van der Waals surface area contributed by atoms with Crippen molar-refractivity contribution in [2.75, 3.05) is 19.7 Å². The normalized spacial score (nSPS) is 20.6. The van der Waals surface area contributed by atoms with E-state index in [1.54, 1.807) is 24.3 Å². The molecule has 2 heterocycles. The van der Waals surface area contributed by atoms with E-state index in [0.717, 1.165) is 42.6 Å². The van der Waals surface area contributed by atoms with Gasteiger partial charge in [-0.1, -0.05) is 13.0 Å². The number of amides is 1. The Balaban J connectivity index is 1.73. The quantitative estimate of drug-likeness (QED) is 0.849. The van der Waals surface area contributed by atoms with Crippen molar-refractivity contribution in [2.24, 2.45) is 10.9 Å². The molecular formula is C18H22N2O3S. The van der Waals surface area contributed by atoms with Crippen molar-refractivity contribution < 1.29 is 14.6 Å². The molecule has 0 aliphatic carbocycles. The average molecular weight is 346 g/mol. The summed E-state index contributed by atoms with van der Waals surface area (Å²) < 4.78 is 5.39. The Labute approximate surface area is 146 Å². The van der Waals surface area contributed by atoms with Gasteiger partial charge in [0.2, 0.25) is 0 Å². The zero-order valence-electron chi connectivity index (χ0n) is 14.0. The SMILES string of the molecule is CCOc1cc(/C=C2/SC(N3CCC(C)CC3)=NC2=O)ccc1O. The fraction of sp³-hybridized carbons (Fsp3) is 0.444. The van der Waals surface area contributed by atoms with Gasteiger partial charge in [-0.15, -0.1) is 0 Å². The molecule has 1 aromatic carbocycles. The standard InChI is InChI=1S/C18H22N2O3S/c1-3-23-15-10-13(4-5-14(15)21)11-16-17(22)19-18(24-16)20-8-6-12(2)7-9-20/h4-5,10-12,21H,3,6-9H2,1-2H3/b16-11+. The number of phenols is 1. The predicted molar refractivity (Wildman–Crippen MR) is 97.3 cm³/mol. The smallest absolute Gasteiger partial charge is 0.286 e. The van der Waals surface area contributed by atoms with Crippen molar-refractivity contribution in [2.45, 2.75) is 26.7 Å². The minimum Gasteiger partial charge on any atom is -0.504 e. The number of benzene rings is 1. The molecule has 0 spiro atoms. The maximum absolute atomic E-state index is 12.2. The number of hydrogen-bond acceptors (Lipinski definition) is 5. The second-order valence-electron chi connectivity index (χ2n) is 6.14. The summed E-state index contributed by atoms with van der Waals surface area (Å²) in [5.41, 5.74) is 0.816. The Hall–Kier alpha value is -1.95. The van der Waals surface area contributed by atoms with Gasteiger partial charge in [0.25, 0.3) is 5.91 Å². The van der Waals surface area contributed by atoms with Crippen LogP contribution >= 0.6 is 11.8 Å². The molecule has 24 heavy (non-hydrogen) atoms. The van der Waals surface area contributed by atoms with Crippen LogP contribution in [0, 0.1) is 5.92 Å². The number of aromatic hydroxyl groups is 1. The molecule has 5 nitrogen and oxygen atoms in total. The molecule has 0 saturated carbocycles. The third-order valence-corrected chi connectivity index (χ3v) is 5.29. The molecule has 2 aliphatic heterocycles. The zero-order chi connectivity index (χ0) is 17.1. The van der Waals surface area contributed by atoms with Crippen molar-refractivity contribution in [1.29, 1.82) is 0 Å². The Morgan fingerprint density at radius 3 is 2.88 bits per heavy atom. The van der Waals surface area contributed by atoms with Crippen molar-refractivity contribution in [3.05, 3.63) is 28.7 Å². The highest BCUT2D eigenvalue weighted by Crippen LogP contribution is 2.34. The van der Waals surface area contributed by atoms with Crippen LogP contribution in [0.2, 0.25) is 0 Å². The fourth-order valence-corrected chi connectivity index (χ4v) is 3.74. The molecular weight excluding hydrogens is 324 g/mol. The Kier molecular flexibility index (Phi) is 5.14. The molecule has 1 N–H and O–H groups in total. The maximum atomic E-state index is 12.2. The van der Waals surface area contributed by atoms with Gasteiger partial charge in [0.1, 0.15) is 0 Å². The molecule has 3 rings (SSSR count). The van der Waals surface area contributed by atoms with Gasteiger partial charge in [0.15, 0.2) is 16.7 Å². The highest BCUT2D eigenvalue weighted by atomic mass is 32.2. The van der Waals surface area contributed by atoms with Crippen LogP contribution in [0.25, 0.3) is 6.08 Å². The number of hydrogen-bond donors (Lipinski definition) is 1. The molecule has 0 bridgehead atoms. The summed E-state index contributed by atoms with van der Waals surface area (Å²) in [6.07, 6.45) is 4.09. The number of carbonyl (C=O) groups excluding carboxylic acids is 1. The minimum absolute atomic E-state index is 0.101. The van der Waals surface area contributed by atoms with E-state index >= 15 is 0 Å². The number of carbonyl (C=O) groups is 1. The lowest BCUT2D eigenvalue weighted by molar-refractivity contribution is -0.113. The number of ether oxygens (including phenoxy) is 1. The van der Waals surface area contributed by atoms with Crippen molar-refractivity contribution >= 4 is 28.9 Å². The fourth-order valence-electron chi connectivity index (χ4n) is 2.78. The number of aliphatic imine (C=N–C) groups is 1. The number of thioether (sulfide) groups is 1. The van der Waals surface area contributed by atoms with E-state index < -0.39 is 0 Å². The number of rotatable bonds is 3. The van der Waals surface area contributed by atoms with Gasteiger partial charge >= 0.3 is 0 Å². The van der Waals surface area contributed by atoms with Crippen LogP contribution in [0.15, 0.2) is 28.1 Å². The molecule has 0 radical (unpaired) electrons. The number of amidine groups is 1. The Morgan fingerprint density at radius 2 is 2.17 bits per heavy atom. The van der Waals surface area contributed by atoms with Crippen LogP contribution in [-0.4, -0.2) is 40.8 Å². The van der Waals surface area contributed by atoms with E-state index in [0.29, 0.717) is 17.3 Å². The molecule has 128 valence electrons. The number of piperidine rings is 1. The molecule has 0 aromatic heterocycles. The van der Waals surface area contributed by atoms with Crippen LogP contribution in [0.5, 0.6) is 11.5 Å². The average Bonchev–Trinajstić information content (AvgIpc) is 2.92. The zero-order valence-corrected chi connectivity index (χ0v) is 14.8. The monoisotopic (exact) mass is 346 g/mol. The highest BCUT2D eigenvalue weighted by molar-refractivity contribution is 8.18. The molecule has 0 atom stereocenters. The number of phenolic OH excluding ortho intramolecular Hbond substituents is 1. The topological polar surface area (TPSA) is 62.1 Å². The first kappa shape index (κ1) is 16.9. The van der Waals surface area contributed by atoms with Gasteiger partial charge in [-0.3, -0.25) is 4.79 Å². The van der Waals surface area contributed by atoms with Crippen LogP contribution in [-0.2, 0) is 4.79 Å². The summed E-state index contributed by atoms with van der Waals surface area (Å²) in [5.74, 6) is 1.07. The van der Waals surface area contributed by atoms with Crippen LogP contribution in [0.1, 0.15) is 32.3 Å². The minimum atomic E-state index is -0.195. The number of likely N-dealkylation sites (tertiary alicyclic amines) is 1. The van der Waals surface area contributed by atoms with Gasteiger partial charge in [-0.2, -0.15) is 4.99 Å². The third-order valence-electron chi connectivity index (χ3n) is 4.24. The van der Waals surface area contributed by atoms with Crippen LogP contribution in [0.3, 0.4) is 0 Å². The Morgan fingerprint density at radius 1 is 1.42 bits per heavy atom. The van der Waals surface area contributed by atoms with Gasteiger partial charge in [0, 0.05) is 13.1 Å². The second-order valence-corrected chi connectivity index (χ2v) is 7.15. The lowest BCUT2D eigenvalue weighted by atomic mass is 10.00. The lowest BCUT2D eigenvalue weighted by Gasteiger charge is -2.30. The summed E-state index contributed by atoms with van der Waals surface area (Å²) in [4.78, 5) is 19.2. The second kappa shape index (κ2) is 7.30. The van der Waals surface area contributed by atoms with Gasteiger partial charge in [-0.25, -0.2) is 0 Å². The molecule has 1 aromatic rings. The molecule has 1 saturated heterocycles. The summed E-state index contributed by atoms with van der Waals surface area (Å²) >= 11 is 1.43. The van der Waals surface area contributed by atoms with Crippen LogP contribution < -0.4 is 4.74 Å². The Bertz CT molecular complexity index is 692. The van der Waals surface area contributed by atoms with E-state index in [2.05, 4.69) is 16.8 Å². The first-order chi connectivity index (χ1) is 11.6. The third kappa shape index (κ3) is 3.75. The van der Waals surface area contributed by atoms with Crippen molar-refractivity contribution in [1.82, 2.24) is 4.90 Å². The highest BCUT2D eigenvalue weighted by Gasteiger charge is 2.28. The summed E-state index contributed by atoms with van der Waals surface area (Å²) in [6.45, 7) is 6.52. The maximum Gasteiger partial charge on any atom is 0.286 e. The summed E-state index contributed by atoms with van der Waals surface area (Å²) in [7, 11) is 0. The summed E-state index contributed by atoms with van der Waals surface area (Å²) in [5, 5.41) is 10.6. The van der Waals surface area contributed by atoms with E-state index in [1.807, 2.05) is 6.92 Å². The van der Waals surface area contributed by atoms with E-state index in [9.17, 15) is 9.90 Å². The van der Waals surface area contributed by atoms with Gasteiger partial charge in [0.05, 0.1) is 11.5 Å². The van der Waals surface area contributed by atoms with E-state index in [1.165, 1.54) is 11.8 Å². The molecule has 6 heteroatoms. The largest absolute Gasteiger partial charge is 0.504 e. The van der Waals surface area contributed by atoms with Gasteiger partial charge < -0.3 is 14.7 Å². The predicted octanol–water partition coefficient (Wildman–Crippen LogP) is 3.49. The van der Waals surface area contributed by atoms with Gasteiger partial charge in [-0.05, 0) is 61.2 Å². The van der Waals surface area contributed by atoms with Crippen LogP contribution in [0.4, 0.5) is 0 Å². The molecule has 1 amide bonds. The first-order valence-electron chi connectivity index (χ1n) is 8.30. The van der Waals surface area contributed by atoms with Crippen molar-refractivity contribution in [3.63, 3.8) is 0 Å². The molecule has 2 aliphatic rings. The van der Waals surface area contributed by atoms with Crippen molar-refractivity contribution in [3.8, 4) is 11.5 Å². The van der Waals surface area contributed by atoms with E-state index in [-0.39, 0.29) is 11.7 Å². The number of nitrogens with zero attached hydrogens (tertiary/aromatic N) is 2. The summed E-state index contributed by atoms with van der Waals surface area (Å²) in [6, 6.07) is 5.08.